The maximum atomic E-state index is 12.9. The van der Waals surface area contributed by atoms with Crippen molar-refractivity contribution in [3.63, 3.8) is 0 Å². The van der Waals surface area contributed by atoms with Crippen molar-refractivity contribution in [2.45, 2.75) is 20.4 Å². The lowest BCUT2D eigenvalue weighted by Gasteiger charge is -2.09. The smallest absolute Gasteiger partial charge is 0.267 e. The van der Waals surface area contributed by atoms with Gasteiger partial charge in [-0.1, -0.05) is 30.3 Å². The molecule has 1 amide bonds. The van der Waals surface area contributed by atoms with Crippen molar-refractivity contribution in [3.8, 4) is 0 Å². The Kier molecular flexibility index (Phi) is 4.56. The quantitative estimate of drug-likeness (QED) is 0.578. The number of nitrogens with one attached hydrogen (secondary N) is 1. The Morgan fingerprint density at radius 2 is 1.96 bits per heavy atom. The molecular formula is C20H19N5O2S. The lowest BCUT2D eigenvalue weighted by atomic mass is 10.2. The Hall–Kier alpha value is -3.26. The molecule has 28 heavy (non-hydrogen) atoms. The minimum Gasteiger partial charge on any atom is -0.306 e. The zero-order valence-electron chi connectivity index (χ0n) is 15.8. The number of rotatable bonds is 4. The number of carbonyl (C=O) groups is 1. The van der Waals surface area contributed by atoms with Gasteiger partial charge < -0.3 is 9.88 Å². The zero-order valence-corrected chi connectivity index (χ0v) is 16.6. The van der Waals surface area contributed by atoms with Gasteiger partial charge in [0.25, 0.3) is 11.5 Å². The van der Waals surface area contributed by atoms with E-state index in [9.17, 15) is 9.59 Å². The SMILES string of the molecule is Cc1cc(NC(=O)c2sc3ncn(C)c(=O)c3c2C)n(Cc2ccccc2)n1. The lowest BCUT2D eigenvalue weighted by Crippen LogP contribution is -2.18. The highest BCUT2D eigenvalue weighted by atomic mass is 32.1. The Morgan fingerprint density at radius 1 is 1.21 bits per heavy atom. The number of hydrogen-bond donors (Lipinski definition) is 1. The number of aromatic nitrogens is 4. The molecule has 3 aromatic heterocycles. The highest BCUT2D eigenvalue weighted by Crippen LogP contribution is 2.27. The maximum Gasteiger partial charge on any atom is 0.267 e. The summed E-state index contributed by atoms with van der Waals surface area (Å²) in [5, 5.41) is 7.92. The molecule has 0 fully saturated rings. The number of benzene rings is 1. The van der Waals surface area contributed by atoms with Crippen molar-refractivity contribution < 1.29 is 4.79 Å². The normalized spacial score (nSPS) is 11.1. The predicted molar refractivity (Wildman–Crippen MR) is 110 cm³/mol. The van der Waals surface area contributed by atoms with Crippen LogP contribution in [0.5, 0.6) is 0 Å². The summed E-state index contributed by atoms with van der Waals surface area (Å²) in [5.41, 5.74) is 2.40. The number of aryl methyl sites for hydroxylation is 3. The van der Waals surface area contributed by atoms with E-state index < -0.39 is 0 Å². The summed E-state index contributed by atoms with van der Waals surface area (Å²) in [6, 6.07) is 11.8. The second-order valence-electron chi connectivity index (χ2n) is 6.67. The van der Waals surface area contributed by atoms with Crippen molar-refractivity contribution in [3.05, 3.63) is 74.8 Å². The number of fused-ring (bicyclic) bond motifs is 1. The molecule has 0 aliphatic rings. The molecule has 0 unspecified atom stereocenters. The number of carbonyl (C=O) groups excluding carboxylic acids is 1. The van der Waals surface area contributed by atoms with Gasteiger partial charge in [-0.05, 0) is 25.0 Å². The maximum absolute atomic E-state index is 12.9. The third-order valence-corrected chi connectivity index (χ3v) is 5.73. The van der Waals surface area contributed by atoms with E-state index in [0.717, 1.165) is 11.3 Å². The highest BCUT2D eigenvalue weighted by molar-refractivity contribution is 7.20. The molecule has 4 rings (SSSR count). The summed E-state index contributed by atoms with van der Waals surface area (Å²) < 4.78 is 3.19. The van der Waals surface area contributed by atoms with Gasteiger partial charge in [-0.15, -0.1) is 11.3 Å². The topological polar surface area (TPSA) is 81.8 Å². The number of thiophene rings is 1. The third kappa shape index (κ3) is 3.22. The molecule has 3 heterocycles. The Bertz CT molecular complexity index is 1240. The summed E-state index contributed by atoms with van der Waals surface area (Å²) in [4.78, 5) is 30.6. The summed E-state index contributed by atoms with van der Waals surface area (Å²) in [6.45, 7) is 4.22. The molecule has 1 aromatic carbocycles. The molecule has 0 atom stereocenters. The van der Waals surface area contributed by atoms with Gasteiger partial charge >= 0.3 is 0 Å². The largest absolute Gasteiger partial charge is 0.306 e. The average Bonchev–Trinajstić information content (AvgIpc) is 3.19. The van der Waals surface area contributed by atoms with Gasteiger partial charge in [-0.2, -0.15) is 5.10 Å². The van der Waals surface area contributed by atoms with Gasteiger partial charge in [0.05, 0.1) is 28.8 Å². The molecule has 0 saturated carbocycles. The van der Waals surface area contributed by atoms with Crippen LogP contribution in [0, 0.1) is 13.8 Å². The molecule has 0 spiro atoms. The van der Waals surface area contributed by atoms with Gasteiger partial charge in [0.1, 0.15) is 10.6 Å². The van der Waals surface area contributed by atoms with Gasteiger partial charge in [0.2, 0.25) is 0 Å². The molecule has 7 nitrogen and oxygen atoms in total. The van der Waals surface area contributed by atoms with Gasteiger partial charge in [-0.3, -0.25) is 9.59 Å². The van der Waals surface area contributed by atoms with Crippen molar-refractivity contribution in [1.82, 2.24) is 19.3 Å². The number of anilines is 1. The van der Waals surface area contributed by atoms with Crippen LogP contribution in [-0.2, 0) is 13.6 Å². The second-order valence-corrected chi connectivity index (χ2v) is 7.66. The first kappa shape index (κ1) is 18.1. The highest BCUT2D eigenvalue weighted by Gasteiger charge is 2.20. The Morgan fingerprint density at radius 3 is 2.71 bits per heavy atom. The van der Waals surface area contributed by atoms with Crippen LogP contribution in [0.25, 0.3) is 10.2 Å². The van der Waals surface area contributed by atoms with Crippen LogP contribution in [0.15, 0.2) is 47.5 Å². The summed E-state index contributed by atoms with van der Waals surface area (Å²) in [5.74, 6) is 0.348. The van der Waals surface area contributed by atoms with E-state index in [1.165, 1.54) is 22.2 Å². The Labute approximate surface area is 165 Å². The lowest BCUT2D eigenvalue weighted by molar-refractivity contribution is 0.102. The van der Waals surface area contributed by atoms with Crippen LogP contribution >= 0.6 is 11.3 Å². The standard InChI is InChI=1S/C20H19N5O2S/c1-12-9-15(25(23-12)10-14-7-5-4-6-8-14)22-18(26)17-13(2)16-19(28-17)21-11-24(3)20(16)27/h4-9,11H,10H2,1-3H3,(H,22,26). The molecular weight excluding hydrogens is 374 g/mol. The minimum atomic E-state index is -0.267. The molecule has 8 heteroatoms. The first-order valence-electron chi connectivity index (χ1n) is 8.78. The first-order chi connectivity index (χ1) is 13.4. The zero-order chi connectivity index (χ0) is 19.8. The monoisotopic (exact) mass is 393 g/mol. The van der Waals surface area contributed by atoms with Gasteiger partial charge in [-0.25, -0.2) is 9.67 Å². The summed E-state index contributed by atoms with van der Waals surface area (Å²) in [6.07, 6.45) is 1.47. The van der Waals surface area contributed by atoms with E-state index in [1.807, 2.05) is 43.3 Å². The van der Waals surface area contributed by atoms with Crippen LogP contribution in [0.4, 0.5) is 5.82 Å². The molecule has 4 aromatic rings. The van der Waals surface area contributed by atoms with E-state index in [0.29, 0.717) is 33.0 Å². The molecule has 0 aliphatic heterocycles. The second kappa shape index (κ2) is 7.05. The van der Waals surface area contributed by atoms with Crippen LogP contribution in [0.3, 0.4) is 0 Å². The summed E-state index contributed by atoms with van der Waals surface area (Å²) >= 11 is 1.22. The number of hydrogen-bond acceptors (Lipinski definition) is 5. The fraction of sp³-hybridized carbons (Fsp3) is 0.200. The molecule has 0 saturated heterocycles. The predicted octanol–water partition coefficient (Wildman–Crippen LogP) is 3.11. The van der Waals surface area contributed by atoms with E-state index >= 15 is 0 Å². The minimum absolute atomic E-state index is 0.150. The van der Waals surface area contributed by atoms with Crippen molar-refractivity contribution in [2.75, 3.05) is 5.32 Å². The average molecular weight is 393 g/mol. The van der Waals surface area contributed by atoms with Gasteiger partial charge in [0, 0.05) is 13.1 Å². The van der Waals surface area contributed by atoms with E-state index in [2.05, 4.69) is 15.4 Å². The van der Waals surface area contributed by atoms with Gasteiger partial charge in [0.15, 0.2) is 0 Å². The fourth-order valence-corrected chi connectivity index (χ4v) is 4.16. The van der Waals surface area contributed by atoms with E-state index in [-0.39, 0.29) is 11.5 Å². The molecule has 1 N–H and O–H groups in total. The van der Waals surface area contributed by atoms with E-state index in [4.69, 9.17) is 0 Å². The summed E-state index contributed by atoms with van der Waals surface area (Å²) in [7, 11) is 1.65. The third-order valence-electron chi connectivity index (χ3n) is 4.54. The number of amides is 1. The Balaban J connectivity index is 1.66. The van der Waals surface area contributed by atoms with Crippen molar-refractivity contribution in [1.29, 1.82) is 0 Å². The van der Waals surface area contributed by atoms with Crippen molar-refractivity contribution >= 4 is 33.3 Å². The van der Waals surface area contributed by atoms with Crippen LogP contribution < -0.4 is 10.9 Å². The molecule has 0 radical (unpaired) electrons. The van der Waals surface area contributed by atoms with E-state index in [1.54, 1.807) is 18.7 Å². The van der Waals surface area contributed by atoms with Crippen LogP contribution in [0.1, 0.15) is 26.5 Å². The van der Waals surface area contributed by atoms with Crippen LogP contribution in [0.2, 0.25) is 0 Å². The van der Waals surface area contributed by atoms with Crippen molar-refractivity contribution in [2.24, 2.45) is 7.05 Å². The fourth-order valence-electron chi connectivity index (χ4n) is 3.12. The molecule has 142 valence electrons. The molecule has 0 bridgehead atoms. The molecule has 0 aliphatic carbocycles. The number of nitrogens with zero attached hydrogens (tertiary/aromatic N) is 4. The first-order valence-corrected chi connectivity index (χ1v) is 9.60. The van der Waals surface area contributed by atoms with Crippen LogP contribution in [-0.4, -0.2) is 25.2 Å².